The predicted molar refractivity (Wildman–Crippen MR) is 77.0 cm³/mol. The summed E-state index contributed by atoms with van der Waals surface area (Å²) in [5, 5.41) is 4.61. The zero-order valence-electron chi connectivity index (χ0n) is 12.4. The SMILES string of the molecule is CCC(C)n1ccc(CC2=CC(=O)CC(C)(C)C2)n1. The molecule has 2 rings (SSSR count). The highest BCUT2D eigenvalue weighted by molar-refractivity contribution is 5.91. The van der Waals surface area contributed by atoms with Gasteiger partial charge in [0.25, 0.3) is 0 Å². The van der Waals surface area contributed by atoms with Crippen LogP contribution in [-0.2, 0) is 11.2 Å². The first-order valence-electron chi connectivity index (χ1n) is 7.16. The first kappa shape index (κ1) is 14.0. The molecule has 0 aliphatic heterocycles. The zero-order valence-corrected chi connectivity index (χ0v) is 12.4. The van der Waals surface area contributed by atoms with Crippen LogP contribution < -0.4 is 0 Å². The van der Waals surface area contributed by atoms with Crippen molar-refractivity contribution in [2.75, 3.05) is 0 Å². The molecule has 0 saturated carbocycles. The maximum absolute atomic E-state index is 11.7. The van der Waals surface area contributed by atoms with E-state index in [2.05, 4.69) is 38.9 Å². The first-order valence-corrected chi connectivity index (χ1v) is 7.16. The number of nitrogens with zero attached hydrogens (tertiary/aromatic N) is 2. The summed E-state index contributed by atoms with van der Waals surface area (Å²) in [5.74, 6) is 0.257. The number of rotatable bonds is 4. The van der Waals surface area contributed by atoms with Crippen LogP contribution in [0.5, 0.6) is 0 Å². The van der Waals surface area contributed by atoms with E-state index < -0.39 is 0 Å². The molecule has 0 radical (unpaired) electrons. The van der Waals surface area contributed by atoms with Crippen molar-refractivity contribution < 1.29 is 4.79 Å². The lowest BCUT2D eigenvalue weighted by Crippen LogP contribution is -2.22. The van der Waals surface area contributed by atoms with Gasteiger partial charge < -0.3 is 0 Å². The van der Waals surface area contributed by atoms with Crippen molar-refractivity contribution in [3.63, 3.8) is 0 Å². The molecule has 0 bridgehead atoms. The summed E-state index contributed by atoms with van der Waals surface area (Å²) in [6, 6.07) is 2.51. The highest BCUT2D eigenvalue weighted by atomic mass is 16.1. The molecule has 0 fully saturated rings. The monoisotopic (exact) mass is 260 g/mol. The Morgan fingerprint density at radius 1 is 1.42 bits per heavy atom. The van der Waals surface area contributed by atoms with E-state index >= 15 is 0 Å². The van der Waals surface area contributed by atoms with Gasteiger partial charge in [-0.1, -0.05) is 26.3 Å². The molecule has 3 heteroatoms. The predicted octanol–water partition coefficient (Wildman–Crippen LogP) is 3.71. The van der Waals surface area contributed by atoms with Crippen LogP contribution in [-0.4, -0.2) is 15.6 Å². The summed E-state index contributed by atoms with van der Waals surface area (Å²) in [6.07, 6.45) is 7.41. The normalized spacial score (nSPS) is 20.2. The number of aromatic nitrogens is 2. The molecule has 0 saturated heterocycles. The first-order chi connectivity index (χ1) is 8.89. The number of carbonyl (C=O) groups is 1. The Morgan fingerprint density at radius 3 is 2.79 bits per heavy atom. The molecule has 1 aliphatic rings. The Kier molecular flexibility index (Phi) is 3.93. The van der Waals surface area contributed by atoms with E-state index in [1.54, 1.807) is 0 Å². The van der Waals surface area contributed by atoms with Crippen molar-refractivity contribution >= 4 is 5.78 Å². The number of hydrogen-bond donors (Lipinski definition) is 0. The van der Waals surface area contributed by atoms with Gasteiger partial charge in [-0.15, -0.1) is 0 Å². The average molecular weight is 260 g/mol. The molecule has 1 unspecified atom stereocenters. The maximum atomic E-state index is 11.7. The van der Waals surface area contributed by atoms with Crippen LogP contribution in [0.3, 0.4) is 0 Å². The smallest absolute Gasteiger partial charge is 0.156 e. The van der Waals surface area contributed by atoms with Gasteiger partial charge in [-0.05, 0) is 37.3 Å². The molecule has 3 nitrogen and oxygen atoms in total. The van der Waals surface area contributed by atoms with Crippen molar-refractivity contribution in [2.24, 2.45) is 5.41 Å². The summed E-state index contributed by atoms with van der Waals surface area (Å²) in [7, 11) is 0. The van der Waals surface area contributed by atoms with Crippen LogP contribution in [0, 0.1) is 5.41 Å². The van der Waals surface area contributed by atoms with E-state index in [0.717, 1.165) is 25.0 Å². The quantitative estimate of drug-likeness (QED) is 0.827. The third-order valence-electron chi connectivity index (χ3n) is 3.84. The summed E-state index contributed by atoms with van der Waals surface area (Å²) in [5.41, 5.74) is 2.38. The van der Waals surface area contributed by atoms with Crippen LogP contribution in [0.4, 0.5) is 0 Å². The minimum atomic E-state index is 0.0977. The minimum Gasteiger partial charge on any atom is -0.295 e. The third kappa shape index (κ3) is 3.55. The molecule has 0 amide bonds. The molecule has 0 N–H and O–H groups in total. The third-order valence-corrected chi connectivity index (χ3v) is 3.84. The second kappa shape index (κ2) is 5.32. The maximum Gasteiger partial charge on any atom is 0.156 e. The molecule has 1 heterocycles. The number of allylic oxidation sites excluding steroid dienone is 2. The standard InChI is InChI=1S/C16H24N2O/c1-5-12(2)18-7-6-14(17-18)8-13-9-15(19)11-16(3,4)10-13/h6-7,9,12H,5,8,10-11H2,1-4H3. The van der Waals surface area contributed by atoms with Crippen LogP contribution in [0.15, 0.2) is 23.9 Å². The summed E-state index contributed by atoms with van der Waals surface area (Å²) in [4.78, 5) is 11.7. The van der Waals surface area contributed by atoms with Gasteiger partial charge in [0, 0.05) is 25.1 Å². The Hall–Kier alpha value is -1.38. The van der Waals surface area contributed by atoms with Crippen LogP contribution in [0.1, 0.15) is 58.7 Å². The van der Waals surface area contributed by atoms with E-state index in [9.17, 15) is 4.79 Å². The highest BCUT2D eigenvalue weighted by Gasteiger charge is 2.27. The number of hydrogen-bond acceptors (Lipinski definition) is 2. The zero-order chi connectivity index (χ0) is 14.0. The second-order valence-electron chi connectivity index (χ2n) is 6.51. The lowest BCUT2D eigenvalue weighted by Gasteiger charge is -2.28. The summed E-state index contributed by atoms with van der Waals surface area (Å²) in [6.45, 7) is 8.66. The van der Waals surface area contributed by atoms with Gasteiger partial charge >= 0.3 is 0 Å². The van der Waals surface area contributed by atoms with E-state index in [4.69, 9.17) is 0 Å². The van der Waals surface area contributed by atoms with Gasteiger partial charge in [0.05, 0.1) is 5.69 Å². The fourth-order valence-corrected chi connectivity index (χ4v) is 2.73. The van der Waals surface area contributed by atoms with Crippen molar-refractivity contribution in [1.82, 2.24) is 9.78 Å². The molecule has 19 heavy (non-hydrogen) atoms. The van der Waals surface area contributed by atoms with Gasteiger partial charge in [0.2, 0.25) is 0 Å². The molecular formula is C16H24N2O. The van der Waals surface area contributed by atoms with Gasteiger partial charge in [0.1, 0.15) is 0 Å². The van der Waals surface area contributed by atoms with Gasteiger partial charge in [0.15, 0.2) is 5.78 Å². The molecule has 0 aromatic carbocycles. The van der Waals surface area contributed by atoms with Gasteiger partial charge in [-0.3, -0.25) is 9.48 Å². The molecule has 0 spiro atoms. The lowest BCUT2D eigenvalue weighted by atomic mass is 9.76. The van der Waals surface area contributed by atoms with E-state index in [1.165, 1.54) is 5.57 Å². The second-order valence-corrected chi connectivity index (χ2v) is 6.51. The van der Waals surface area contributed by atoms with Gasteiger partial charge in [-0.25, -0.2) is 0 Å². The van der Waals surface area contributed by atoms with Crippen molar-refractivity contribution in [3.8, 4) is 0 Å². The molecule has 1 atom stereocenters. The molecular weight excluding hydrogens is 236 g/mol. The van der Waals surface area contributed by atoms with Crippen LogP contribution in [0.25, 0.3) is 0 Å². The fraction of sp³-hybridized carbons (Fsp3) is 0.625. The Balaban J connectivity index is 2.09. The summed E-state index contributed by atoms with van der Waals surface area (Å²) >= 11 is 0. The van der Waals surface area contributed by atoms with Crippen molar-refractivity contribution in [3.05, 3.63) is 29.6 Å². The molecule has 1 aliphatic carbocycles. The van der Waals surface area contributed by atoms with E-state index in [0.29, 0.717) is 12.5 Å². The van der Waals surface area contributed by atoms with E-state index in [-0.39, 0.29) is 11.2 Å². The number of carbonyl (C=O) groups excluding carboxylic acids is 1. The Morgan fingerprint density at radius 2 is 2.16 bits per heavy atom. The topological polar surface area (TPSA) is 34.9 Å². The van der Waals surface area contributed by atoms with E-state index in [1.807, 2.05) is 17.0 Å². The van der Waals surface area contributed by atoms with Crippen molar-refractivity contribution in [1.29, 1.82) is 0 Å². The lowest BCUT2D eigenvalue weighted by molar-refractivity contribution is -0.117. The van der Waals surface area contributed by atoms with Gasteiger partial charge in [-0.2, -0.15) is 5.10 Å². The minimum absolute atomic E-state index is 0.0977. The summed E-state index contributed by atoms with van der Waals surface area (Å²) < 4.78 is 2.02. The molecule has 104 valence electrons. The average Bonchev–Trinajstić information content (AvgIpc) is 2.73. The Bertz CT molecular complexity index is 497. The Labute approximate surface area is 115 Å². The number of ketones is 1. The largest absolute Gasteiger partial charge is 0.295 e. The van der Waals surface area contributed by atoms with Crippen molar-refractivity contribution in [2.45, 2.75) is 59.4 Å². The fourth-order valence-electron chi connectivity index (χ4n) is 2.73. The van der Waals surface area contributed by atoms with Crippen LogP contribution in [0.2, 0.25) is 0 Å². The van der Waals surface area contributed by atoms with Crippen LogP contribution >= 0.6 is 0 Å². The molecule has 1 aromatic heterocycles. The highest BCUT2D eigenvalue weighted by Crippen LogP contribution is 2.34. The molecule has 1 aromatic rings.